The number of aryl methyl sites for hydroxylation is 2. The van der Waals surface area contributed by atoms with Crippen molar-refractivity contribution in [3.63, 3.8) is 0 Å². The second-order valence-electron chi connectivity index (χ2n) is 18.7. The SMILES string of the molecule is C[C@H]1CN(C(=O)c2cccc(Cn3c(=O)c4c(ncn4CC(=O)Nc4ccc(N5CCN(C(=O)c6ccccc6)CC5)cn4)n(C)c3=O)c2)CCN1c1ccc(NC(=O)Cn2cnc3c2c(=O)n(C)c(=O)n3C)cc1. The maximum atomic E-state index is 14.1. The summed E-state index contributed by atoms with van der Waals surface area (Å²) in [5, 5.41) is 5.63. The molecule has 0 aliphatic carbocycles. The van der Waals surface area contributed by atoms with Gasteiger partial charge in [0.2, 0.25) is 11.8 Å². The van der Waals surface area contributed by atoms with Gasteiger partial charge in [-0.2, -0.15) is 0 Å². The zero-order chi connectivity index (χ0) is 52.7. The number of amides is 4. The fourth-order valence-corrected chi connectivity index (χ4v) is 9.80. The molecule has 2 saturated heterocycles. The summed E-state index contributed by atoms with van der Waals surface area (Å²) in [5.74, 6) is -0.746. The first kappa shape index (κ1) is 49.2. The number of anilines is 4. The van der Waals surface area contributed by atoms with E-state index >= 15 is 0 Å². The van der Waals surface area contributed by atoms with Crippen molar-refractivity contribution in [3.05, 3.63) is 168 Å². The zero-order valence-corrected chi connectivity index (χ0v) is 41.6. The summed E-state index contributed by atoms with van der Waals surface area (Å²) in [6, 6.07) is 26.8. The van der Waals surface area contributed by atoms with Crippen LogP contribution in [0.2, 0.25) is 0 Å². The molecule has 10 rings (SSSR count). The molecule has 1 atom stereocenters. The number of nitrogens with one attached hydrogen (secondary N) is 2. The molecule has 0 saturated carbocycles. The largest absolute Gasteiger partial charge is 0.367 e. The summed E-state index contributed by atoms with van der Waals surface area (Å²) >= 11 is 0. The number of carbonyl (C=O) groups is 4. The van der Waals surface area contributed by atoms with Gasteiger partial charge in [0.25, 0.3) is 22.9 Å². The molecule has 0 unspecified atom stereocenters. The molecule has 23 nitrogen and oxygen atoms in total. The Kier molecular flexibility index (Phi) is 13.3. The maximum absolute atomic E-state index is 14.1. The highest BCUT2D eigenvalue weighted by molar-refractivity contribution is 5.95. The van der Waals surface area contributed by atoms with Crippen LogP contribution in [0.3, 0.4) is 0 Å². The maximum Gasteiger partial charge on any atom is 0.332 e. The number of rotatable bonds is 12. The molecule has 8 aromatic rings. The molecule has 2 fully saturated rings. The predicted octanol–water partition coefficient (Wildman–Crippen LogP) is 1.68. The predicted molar refractivity (Wildman–Crippen MR) is 280 cm³/mol. The van der Waals surface area contributed by atoms with Crippen LogP contribution in [0.25, 0.3) is 22.3 Å². The Balaban J connectivity index is 0.742. The molecule has 7 heterocycles. The summed E-state index contributed by atoms with van der Waals surface area (Å²) in [7, 11) is 4.38. The lowest BCUT2D eigenvalue weighted by Gasteiger charge is -2.41. The van der Waals surface area contributed by atoms with Crippen LogP contribution in [0.15, 0.2) is 129 Å². The Labute approximate surface area is 427 Å². The minimum absolute atomic E-state index is 0.00141. The molecule has 0 bridgehead atoms. The van der Waals surface area contributed by atoms with Crippen LogP contribution in [0.1, 0.15) is 33.2 Å². The molecule has 75 heavy (non-hydrogen) atoms. The number of pyridine rings is 1. The highest BCUT2D eigenvalue weighted by Gasteiger charge is 2.29. The first-order chi connectivity index (χ1) is 36.1. The minimum atomic E-state index is -0.644. The van der Waals surface area contributed by atoms with Crippen molar-refractivity contribution in [2.45, 2.75) is 32.6 Å². The lowest BCUT2D eigenvalue weighted by atomic mass is 10.1. The van der Waals surface area contributed by atoms with Gasteiger partial charge in [0.1, 0.15) is 18.9 Å². The Bertz CT molecular complexity index is 3770. The Hall–Kier alpha value is -9.41. The summed E-state index contributed by atoms with van der Waals surface area (Å²) in [6.07, 6.45) is 4.37. The van der Waals surface area contributed by atoms with Gasteiger partial charge >= 0.3 is 11.4 Å². The molecule has 2 aliphatic rings. The number of nitrogens with zero attached hydrogens (tertiary/aromatic N) is 13. The van der Waals surface area contributed by atoms with Crippen molar-refractivity contribution < 1.29 is 19.2 Å². The van der Waals surface area contributed by atoms with E-state index in [4.69, 9.17) is 0 Å². The Morgan fingerprint density at radius 1 is 0.587 bits per heavy atom. The average Bonchev–Trinajstić information content (AvgIpc) is 4.06. The van der Waals surface area contributed by atoms with Crippen molar-refractivity contribution >= 4 is 68.8 Å². The topological polar surface area (TPSA) is 242 Å². The highest BCUT2D eigenvalue weighted by Crippen LogP contribution is 2.25. The smallest absolute Gasteiger partial charge is 0.332 e. The number of imidazole rings is 2. The van der Waals surface area contributed by atoms with Crippen LogP contribution in [0.5, 0.6) is 0 Å². The van der Waals surface area contributed by atoms with Crippen LogP contribution in [0.4, 0.5) is 22.9 Å². The lowest BCUT2D eigenvalue weighted by Crippen LogP contribution is -2.53. The number of piperazine rings is 2. The first-order valence-corrected chi connectivity index (χ1v) is 24.3. The van der Waals surface area contributed by atoms with Gasteiger partial charge in [-0.25, -0.2) is 24.5 Å². The zero-order valence-electron chi connectivity index (χ0n) is 41.6. The monoisotopic (exact) mass is 1020 g/mol. The Morgan fingerprint density at radius 2 is 1.19 bits per heavy atom. The van der Waals surface area contributed by atoms with Gasteiger partial charge in [0.05, 0.1) is 31.1 Å². The molecule has 23 heteroatoms. The van der Waals surface area contributed by atoms with E-state index in [1.165, 1.54) is 52.1 Å². The van der Waals surface area contributed by atoms with Gasteiger partial charge in [0.15, 0.2) is 22.3 Å². The molecule has 2 N–H and O–H groups in total. The second-order valence-corrected chi connectivity index (χ2v) is 18.7. The Morgan fingerprint density at radius 3 is 1.84 bits per heavy atom. The highest BCUT2D eigenvalue weighted by atomic mass is 16.2. The summed E-state index contributed by atoms with van der Waals surface area (Å²) in [5.41, 5.74) is 2.09. The lowest BCUT2D eigenvalue weighted by molar-refractivity contribution is -0.117. The number of hydrogen-bond donors (Lipinski definition) is 2. The molecule has 4 amide bonds. The number of hydrogen-bond acceptors (Lipinski definition) is 13. The fraction of sp³-hybridized carbons (Fsp3) is 0.288. The van der Waals surface area contributed by atoms with Gasteiger partial charge in [-0.05, 0) is 73.2 Å². The second kappa shape index (κ2) is 20.2. The summed E-state index contributed by atoms with van der Waals surface area (Å²) in [4.78, 5) is 127. The quantitative estimate of drug-likeness (QED) is 0.177. The van der Waals surface area contributed by atoms with Crippen molar-refractivity contribution in [2.24, 2.45) is 21.1 Å². The average molecular weight is 1020 g/mol. The van der Waals surface area contributed by atoms with Crippen LogP contribution in [-0.4, -0.2) is 128 Å². The van der Waals surface area contributed by atoms with Crippen LogP contribution in [0, 0.1) is 0 Å². The third kappa shape index (κ3) is 9.69. The third-order valence-corrected chi connectivity index (χ3v) is 13.8. The minimum Gasteiger partial charge on any atom is -0.367 e. The normalized spacial score (nSPS) is 14.9. The fourth-order valence-electron chi connectivity index (χ4n) is 9.80. The standard InChI is InChI=1S/C52H53N15O8/c1-33-27-63(23-24-66(33)38-15-13-37(14-16-38)56-41(68)29-64-31-54-45-43(64)49(72)60(4)51(74)58(45)2)48(71)36-12-8-9-34(25-36)28-67-50(73)44-46(59(3)52(67)75)55-32-65(44)30-42(69)57-40-18-17-39(26-53-40)61-19-21-62(22-20-61)47(70)35-10-6-5-7-11-35/h5-18,25-26,31-33H,19-24,27-30H2,1-4H3,(H,56,68)(H,53,57,69)/t33-/m0/s1. The van der Waals surface area contributed by atoms with Gasteiger partial charge in [-0.3, -0.25) is 47.0 Å². The van der Waals surface area contributed by atoms with E-state index in [2.05, 4.69) is 35.4 Å². The van der Waals surface area contributed by atoms with E-state index in [0.717, 1.165) is 20.5 Å². The van der Waals surface area contributed by atoms with Crippen LogP contribution < -0.4 is 42.9 Å². The number of carbonyl (C=O) groups excluding carboxylic acids is 4. The molecule has 0 radical (unpaired) electrons. The number of fused-ring (bicyclic) bond motifs is 2. The van der Waals surface area contributed by atoms with Crippen LogP contribution in [-0.2, 0) is 50.4 Å². The van der Waals surface area contributed by atoms with Gasteiger partial charge in [0, 0.05) is 95.5 Å². The van der Waals surface area contributed by atoms with Crippen molar-refractivity contribution in [1.82, 2.24) is 52.2 Å². The molecular weight excluding hydrogens is 963 g/mol. The number of aromatic nitrogens is 9. The molecule has 5 aromatic heterocycles. The molecule has 2 aliphatic heterocycles. The van der Waals surface area contributed by atoms with Gasteiger partial charge < -0.3 is 39.4 Å². The molecule has 3 aromatic carbocycles. The van der Waals surface area contributed by atoms with E-state index in [-0.39, 0.29) is 65.7 Å². The van der Waals surface area contributed by atoms with Crippen LogP contribution >= 0.6 is 0 Å². The third-order valence-electron chi connectivity index (χ3n) is 13.8. The number of benzene rings is 3. The van der Waals surface area contributed by atoms with E-state index < -0.39 is 28.4 Å². The molecule has 0 spiro atoms. The summed E-state index contributed by atoms with van der Waals surface area (Å²) < 4.78 is 7.35. The van der Waals surface area contributed by atoms with Crippen molar-refractivity contribution in [2.75, 3.05) is 66.2 Å². The van der Waals surface area contributed by atoms with E-state index in [9.17, 15) is 38.4 Å². The first-order valence-electron chi connectivity index (χ1n) is 24.3. The van der Waals surface area contributed by atoms with E-state index in [1.807, 2.05) is 60.4 Å². The molecular formula is C52H53N15O8. The van der Waals surface area contributed by atoms with Crippen molar-refractivity contribution in [1.29, 1.82) is 0 Å². The van der Waals surface area contributed by atoms with E-state index in [0.29, 0.717) is 74.0 Å². The summed E-state index contributed by atoms with van der Waals surface area (Å²) in [6.45, 7) is 5.14. The van der Waals surface area contributed by atoms with Gasteiger partial charge in [-0.15, -0.1) is 0 Å². The van der Waals surface area contributed by atoms with Crippen molar-refractivity contribution in [3.8, 4) is 0 Å². The molecule has 384 valence electrons. The van der Waals surface area contributed by atoms with E-state index in [1.54, 1.807) is 53.6 Å². The van der Waals surface area contributed by atoms with Gasteiger partial charge in [-0.1, -0.05) is 30.3 Å².